The number of likely N-dealkylation sites (N-methyl/N-ethyl adjacent to an activating group) is 1. The van der Waals surface area contributed by atoms with Crippen LogP contribution < -0.4 is 10.3 Å². The molecule has 14 heteroatoms. The molecule has 4 heterocycles. The van der Waals surface area contributed by atoms with Crippen molar-refractivity contribution >= 4 is 31.4 Å². The minimum Gasteiger partial charge on any atom is -0.477 e. The number of aromatic amines is 1. The molecule has 0 aromatic carbocycles. The molecule has 0 radical (unpaired) electrons. The van der Waals surface area contributed by atoms with Crippen LogP contribution in [-0.2, 0) is 27.2 Å². The standard InChI is InChI=1S/C28H45N7O5S2/c1-9-22-23-24(32-35(22)16-17-40-41(7,8)28(4,5)6)26(36)31-25(30-23)21-18-20(19-29-27(21)39-11-3)42(37,38)34-14-12-33(10-2)13-15-34/h18-19H,9-17H2,1-8H3,(H,30,31,36). The monoisotopic (exact) mass is 623 g/mol. The number of nitrogens with one attached hydrogen (secondary N) is 1. The zero-order valence-corrected chi connectivity index (χ0v) is 27.7. The third-order valence-electron chi connectivity index (χ3n) is 7.97. The van der Waals surface area contributed by atoms with Crippen molar-refractivity contribution in [2.24, 2.45) is 0 Å². The van der Waals surface area contributed by atoms with Crippen LogP contribution in [0.25, 0.3) is 22.4 Å². The number of fused-ring (bicyclic) bond motifs is 1. The van der Waals surface area contributed by atoms with Crippen LogP contribution in [0.5, 0.6) is 5.88 Å². The molecule has 0 saturated carbocycles. The lowest BCUT2D eigenvalue weighted by molar-refractivity contribution is 0.196. The molecule has 42 heavy (non-hydrogen) atoms. The van der Waals surface area contributed by atoms with Gasteiger partial charge in [0, 0.05) is 30.9 Å². The van der Waals surface area contributed by atoms with Gasteiger partial charge in [0.1, 0.15) is 16.2 Å². The number of aryl methyl sites for hydroxylation is 1. The van der Waals surface area contributed by atoms with Crippen LogP contribution in [0, 0.1) is 0 Å². The summed E-state index contributed by atoms with van der Waals surface area (Å²) in [7, 11) is -5.12. The maximum absolute atomic E-state index is 13.6. The normalized spacial score (nSPS) is 16.3. The van der Waals surface area contributed by atoms with Crippen LogP contribution in [0.4, 0.5) is 0 Å². The van der Waals surface area contributed by atoms with Crippen LogP contribution in [0.2, 0.25) is 0 Å². The summed E-state index contributed by atoms with van der Waals surface area (Å²) in [5, 5.41) is 4.58. The molecule has 0 amide bonds. The molecular weight excluding hydrogens is 578 g/mol. The number of ether oxygens (including phenoxy) is 1. The van der Waals surface area contributed by atoms with E-state index in [9.17, 15) is 13.2 Å². The number of H-pyrrole nitrogens is 1. The summed E-state index contributed by atoms with van der Waals surface area (Å²) in [5.74, 6) is 0.376. The number of pyridine rings is 1. The number of hydrogen-bond acceptors (Lipinski definition) is 9. The number of nitrogens with zero attached hydrogens (tertiary/aromatic N) is 6. The summed E-state index contributed by atoms with van der Waals surface area (Å²) in [6.45, 7) is 16.6. The van der Waals surface area contributed by atoms with E-state index in [4.69, 9.17) is 13.9 Å². The molecule has 0 unspecified atom stereocenters. The summed E-state index contributed by atoms with van der Waals surface area (Å²) in [5.41, 5.74) is 1.37. The first-order valence-electron chi connectivity index (χ1n) is 14.5. The van der Waals surface area contributed by atoms with Crippen LogP contribution in [0.1, 0.15) is 47.2 Å². The lowest BCUT2D eigenvalue weighted by atomic mass is 10.2. The van der Waals surface area contributed by atoms with Gasteiger partial charge in [-0.25, -0.2) is 18.4 Å². The summed E-state index contributed by atoms with van der Waals surface area (Å²) in [4.78, 5) is 27.4. The largest absolute Gasteiger partial charge is 0.477 e. The molecule has 0 atom stereocenters. The minimum absolute atomic E-state index is 0.0289. The second-order valence-electron chi connectivity index (χ2n) is 11.6. The predicted molar refractivity (Wildman–Crippen MR) is 168 cm³/mol. The van der Waals surface area contributed by atoms with E-state index < -0.39 is 25.9 Å². The number of piperazine rings is 1. The Morgan fingerprint density at radius 2 is 1.74 bits per heavy atom. The molecule has 3 aromatic rings. The van der Waals surface area contributed by atoms with Crippen LogP contribution in [0.3, 0.4) is 0 Å². The maximum atomic E-state index is 13.6. The van der Waals surface area contributed by atoms with Gasteiger partial charge >= 0.3 is 0 Å². The Labute approximate surface area is 250 Å². The first-order chi connectivity index (χ1) is 19.7. The second-order valence-corrected chi connectivity index (χ2v) is 17.5. The maximum Gasteiger partial charge on any atom is 0.279 e. The zero-order chi connectivity index (χ0) is 30.9. The summed E-state index contributed by atoms with van der Waals surface area (Å²) in [6, 6.07) is 1.49. The summed E-state index contributed by atoms with van der Waals surface area (Å²) in [6.07, 6.45) is 6.20. The lowest BCUT2D eigenvalue weighted by Gasteiger charge is -2.43. The summed E-state index contributed by atoms with van der Waals surface area (Å²) >= 11 is 0. The zero-order valence-electron chi connectivity index (χ0n) is 26.1. The van der Waals surface area contributed by atoms with Gasteiger partial charge in [0.05, 0.1) is 37.2 Å². The van der Waals surface area contributed by atoms with Gasteiger partial charge < -0.3 is 18.8 Å². The van der Waals surface area contributed by atoms with E-state index in [1.165, 1.54) is 16.6 Å². The Kier molecular flexibility index (Phi) is 9.72. The molecule has 1 aliphatic rings. The molecule has 234 valence electrons. The van der Waals surface area contributed by atoms with E-state index in [-0.39, 0.29) is 26.9 Å². The number of rotatable bonds is 11. The molecule has 12 nitrogen and oxygen atoms in total. The van der Waals surface area contributed by atoms with Gasteiger partial charge in [-0.3, -0.25) is 9.48 Å². The smallest absolute Gasteiger partial charge is 0.279 e. The molecular formula is C28H45N7O5S2. The Morgan fingerprint density at radius 3 is 2.33 bits per heavy atom. The van der Waals surface area contributed by atoms with Gasteiger partial charge in [0.25, 0.3) is 5.56 Å². The Bertz CT molecular complexity index is 1570. The second kappa shape index (κ2) is 12.6. The Balaban J connectivity index is 1.72. The van der Waals surface area contributed by atoms with Crippen molar-refractivity contribution < 1.29 is 17.3 Å². The fourth-order valence-corrected chi connectivity index (χ4v) is 6.91. The van der Waals surface area contributed by atoms with Crippen LogP contribution in [-0.4, -0.2) is 106 Å². The highest BCUT2D eigenvalue weighted by Gasteiger charge is 2.31. The highest BCUT2D eigenvalue weighted by atomic mass is 32.3. The Morgan fingerprint density at radius 1 is 1.05 bits per heavy atom. The average molecular weight is 624 g/mol. The topological polar surface area (TPSA) is 136 Å². The van der Waals surface area contributed by atoms with E-state index in [0.717, 1.165) is 12.2 Å². The van der Waals surface area contributed by atoms with Crippen molar-refractivity contribution in [1.29, 1.82) is 0 Å². The predicted octanol–water partition coefficient (Wildman–Crippen LogP) is 3.26. The highest BCUT2D eigenvalue weighted by molar-refractivity contribution is 8.29. The average Bonchev–Trinajstić information content (AvgIpc) is 3.30. The quantitative estimate of drug-likeness (QED) is 0.341. The molecule has 0 spiro atoms. The first kappa shape index (κ1) is 32.4. The van der Waals surface area contributed by atoms with Gasteiger partial charge in [0.2, 0.25) is 15.9 Å². The lowest BCUT2D eigenvalue weighted by Crippen LogP contribution is -2.48. The van der Waals surface area contributed by atoms with Crippen molar-refractivity contribution in [2.75, 3.05) is 58.4 Å². The van der Waals surface area contributed by atoms with E-state index in [1.54, 1.807) is 4.68 Å². The summed E-state index contributed by atoms with van der Waals surface area (Å²) < 4.78 is 42.4. The van der Waals surface area contributed by atoms with Crippen molar-refractivity contribution in [3.05, 3.63) is 28.3 Å². The van der Waals surface area contributed by atoms with Gasteiger partial charge in [0.15, 0.2) is 5.52 Å². The van der Waals surface area contributed by atoms with E-state index in [1.807, 2.05) is 13.8 Å². The Hall–Kier alpha value is -2.52. The van der Waals surface area contributed by atoms with E-state index in [2.05, 4.69) is 60.2 Å². The minimum atomic E-state index is -3.81. The van der Waals surface area contributed by atoms with Crippen molar-refractivity contribution in [1.82, 2.24) is 33.9 Å². The van der Waals surface area contributed by atoms with Crippen molar-refractivity contribution in [3.63, 3.8) is 0 Å². The van der Waals surface area contributed by atoms with Crippen molar-refractivity contribution in [2.45, 2.75) is 64.2 Å². The molecule has 3 aromatic heterocycles. The van der Waals surface area contributed by atoms with Gasteiger partial charge in [-0.05, 0) is 38.5 Å². The molecule has 1 aliphatic heterocycles. The SMILES string of the molecule is CCOc1ncc(S(=O)(=O)N2CCN(CC)CC2)cc1-c1nc2c(CC)n(CCOS(C)(C)C(C)(C)C)nc2c(=O)[nH]1. The fourth-order valence-electron chi connectivity index (χ4n) is 4.67. The molecule has 4 rings (SSSR count). The number of aromatic nitrogens is 5. The van der Waals surface area contributed by atoms with E-state index in [0.29, 0.717) is 63.4 Å². The fraction of sp³-hybridized carbons (Fsp3) is 0.643. The van der Waals surface area contributed by atoms with Gasteiger partial charge in [-0.1, -0.05) is 34.6 Å². The van der Waals surface area contributed by atoms with Crippen molar-refractivity contribution in [3.8, 4) is 17.3 Å². The van der Waals surface area contributed by atoms with Gasteiger partial charge in [-0.2, -0.15) is 9.40 Å². The van der Waals surface area contributed by atoms with Gasteiger partial charge in [-0.15, -0.1) is 10.3 Å². The first-order valence-corrected chi connectivity index (χ1v) is 18.3. The molecule has 0 bridgehead atoms. The number of hydrogen-bond donors (Lipinski definition) is 1. The third kappa shape index (κ3) is 6.52. The third-order valence-corrected chi connectivity index (χ3v) is 13.5. The molecule has 1 N–H and O–H groups in total. The number of sulfonamides is 1. The molecule has 0 aliphatic carbocycles. The van der Waals surface area contributed by atoms with E-state index >= 15 is 0 Å². The molecule has 1 fully saturated rings. The molecule has 1 saturated heterocycles. The van der Waals surface area contributed by atoms with Crippen LogP contribution >= 0.6 is 10.3 Å². The van der Waals surface area contributed by atoms with Crippen LogP contribution in [0.15, 0.2) is 22.0 Å². The highest BCUT2D eigenvalue weighted by Crippen LogP contribution is 2.53.